The van der Waals surface area contributed by atoms with Crippen LogP contribution >= 0.6 is 0 Å². The van der Waals surface area contributed by atoms with Crippen LogP contribution in [0.3, 0.4) is 0 Å². The van der Waals surface area contributed by atoms with Gasteiger partial charge in [-0.25, -0.2) is 9.67 Å². The number of carbonyl (C=O) groups excluding carboxylic acids is 1. The molecule has 3 heterocycles. The summed E-state index contributed by atoms with van der Waals surface area (Å²) in [6.45, 7) is 1.88. The van der Waals surface area contributed by atoms with Crippen molar-refractivity contribution in [1.82, 2.24) is 30.2 Å². The Labute approximate surface area is 162 Å². The Kier molecular flexibility index (Phi) is 4.18. The molecule has 8 heteroatoms. The summed E-state index contributed by atoms with van der Waals surface area (Å²) >= 11 is 0. The Balaban J connectivity index is 1.34. The number of hydrogen-bond donors (Lipinski definition) is 1. The second kappa shape index (κ2) is 6.85. The average Bonchev–Trinajstić information content (AvgIpc) is 3.10. The van der Waals surface area contributed by atoms with Crippen LogP contribution < -0.4 is 5.32 Å². The second-order valence-electron chi connectivity index (χ2n) is 7.65. The highest BCUT2D eigenvalue weighted by atomic mass is 16.5. The molecule has 28 heavy (non-hydrogen) atoms. The van der Waals surface area contributed by atoms with Crippen molar-refractivity contribution < 1.29 is 9.32 Å². The van der Waals surface area contributed by atoms with Crippen molar-refractivity contribution in [2.45, 2.75) is 57.4 Å². The molecule has 5 rings (SSSR count). The first-order chi connectivity index (χ1) is 13.7. The smallest absolute Gasteiger partial charge is 0.259 e. The van der Waals surface area contributed by atoms with Gasteiger partial charge in [-0.3, -0.25) is 4.79 Å². The molecule has 3 aromatic heterocycles. The lowest BCUT2D eigenvalue weighted by Crippen LogP contribution is -2.32. The molecule has 0 spiro atoms. The standard InChI is InChI=1S/C20H22N6O2/c1-12-16(19(27)23-15-4-2-3-5-15)11-22-26(12)17-9-8-14(10-21-17)20-24-18(25-28-20)13-6-7-13/h8-11,13,15H,2-7H2,1H3,(H,23,27). The van der Waals surface area contributed by atoms with Crippen LogP contribution in [-0.2, 0) is 0 Å². The van der Waals surface area contributed by atoms with Crippen molar-refractivity contribution in [3.8, 4) is 17.3 Å². The molecule has 8 nitrogen and oxygen atoms in total. The first kappa shape index (κ1) is 17.1. The number of pyridine rings is 1. The second-order valence-corrected chi connectivity index (χ2v) is 7.65. The highest BCUT2D eigenvalue weighted by Gasteiger charge is 2.29. The molecule has 3 aromatic rings. The van der Waals surface area contributed by atoms with E-state index in [4.69, 9.17) is 4.52 Å². The van der Waals surface area contributed by atoms with E-state index >= 15 is 0 Å². The topological polar surface area (TPSA) is 98.7 Å². The van der Waals surface area contributed by atoms with Gasteiger partial charge in [0.1, 0.15) is 0 Å². The molecule has 0 unspecified atom stereocenters. The minimum absolute atomic E-state index is 0.0641. The monoisotopic (exact) mass is 378 g/mol. The van der Waals surface area contributed by atoms with Gasteiger partial charge < -0.3 is 9.84 Å². The van der Waals surface area contributed by atoms with E-state index in [1.54, 1.807) is 17.1 Å². The van der Waals surface area contributed by atoms with Gasteiger partial charge in [0.15, 0.2) is 11.6 Å². The average molecular weight is 378 g/mol. The Morgan fingerprint density at radius 1 is 1.18 bits per heavy atom. The summed E-state index contributed by atoms with van der Waals surface area (Å²) in [4.78, 5) is 21.5. The summed E-state index contributed by atoms with van der Waals surface area (Å²) < 4.78 is 7.02. The lowest BCUT2D eigenvalue weighted by Gasteiger charge is -2.11. The van der Waals surface area contributed by atoms with Gasteiger partial charge in [0, 0.05) is 18.2 Å². The summed E-state index contributed by atoms with van der Waals surface area (Å²) in [6.07, 6.45) is 10.0. The number of nitrogens with one attached hydrogen (secondary N) is 1. The SMILES string of the molecule is Cc1c(C(=O)NC2CCCC2)cnn1-c1ccc(-c2nc(C3CC3)no2)cn1. The van der Waals surface area contributed by atoms with Crippen molar-refractivity contribution >= 4 is 5.91 Å². The van der Waals surface area contributed by atoms with E-state index in [0.29, 0.717) is 23.2 Å². The summed E-state index contributed by atoms with van der Waals surface area (Å²) in [7, 11) is 0. The highest BCUT2D eigenvalue weighted by Crippen LogP contribution is 2.38. The Morgan fingerprint density at radius 2 is 2.00 bits per heavy atom. The minimum Gasteiger partial charge on any atom is -0.349 e. The third kappa shape index (κ3) is 3.19. The zero-order valence-corrected chi connectivity index (χ0v) is 15.8. The van der Waals surface area contributed by atoms with Crippen LogP contribution in [0.2, 0.25) is 0 Å². The lowest BCUT2D eigenvalue weighted by atomic mass is 10.2. The summed E-state index contributed by atoms with van der Waals surface area (Å²) in [6, 6.07) is 4.00. The zero-order chi connectivity index (χ0) is 19.1. The Hall–Kier alpha value is -3.03. The fourth-order valence-electron chi connectivity index (χ4n) is 3.69. The van der Waals surface area contributed by atoms with E-state index in [-0.39, 0.29) is 11.9 Å². The summed E-state index contributed by atoms with van der Waals surface area (Å²) in [5.41, 5.74) is 2.13. The van der Waals surface area contributed by atoms with Crippen molar-refractivity contribution in [3.05, 3.63) is 41.6 Å². The van der Waals surface area contributed by atoms with Crippen LogP contribution in [0.1, 0.15) is 66.3 Å². The third-order valence-electron chi connectivity index (χ3n) is 5.54. The number of amides is 1. The van der Waals surface area contributed by atoms with E-state index in [0.717, 1.165) is 42.8 Å². The third-order valence-corrected chi connectivity index (χ3v) is 5.54. The number of nitrogens with zero attached hydrogens (tertiary/aromatic N) is 5. The van der Waals surface area contributed by atoms with E-state index < -0.39 is 0 Å². The van der Waals surface area contributed by atoms with Gasteiger partial charge in [-0.1, -0.05) is 18.0 Å². The Morgan fingerprint density at radius 3 is 2.71 bits per heavy atom. The molecule has 144 valence electrons. The number of hydrogen-bond acceptors (Lipinski definition) is 6. The molecule has 0 radical (unpaired) electrons. The highest BCUT2D eigenvalue weighted by molar-refractivity contribution is 5.95. The van der Waals surface area contributed by atoms with Gasteiger partial charge in [0.2, 0.25) is 0 Å². The largest absolute Gasteiger partial charge is 0.349 e. The van der Waals surface area contributed by atoms with Gasteiger partial charge in [0.25, 0.3) is 11.8 Å². The lowest BCUT2D eigenvalue weighted by molar-refractivity contribution is 0.0937. The first-order valence-corrected chi connectivity index (χ1v) is 9.85. The molecule has 2 saturated carbocycles. The summed E-state index contributed by atoms with van der Waals surface area (Å²) in [5.74, 6) is 2.29. The summed E-state index contributed by atoms with van der Waals surface area (Å²) in [5, 5.41) is 11.5. The normalized spacial score (nSPS) is 17.2. The molecular formula is C20H22N6O2. The van der Waals surface area contributed by atoms with Gasteiger partial charge in [-0.15, -0.1) is 0 Å². The van der Waals surface area contributed by atoms with Gasteiger partial charge in [0.05, 0.1) is 23.0 Å². The van der Waals surface area contributed by atoms with Crippen LogP contribution in [-0.4, -0.2) is 36.9 Å². The maximum atomic E-state index is 12.6. The van der Waals surface area contributed by atoms with E-state index in [2.05, 4.69) is 25.5 Å². The van der Waals surface area contributed by atoms with Crippen molar-refractivity contribution in [2.24, 2.45) is 0 Å². The first-order valence-electron chi connectivity index (χ1n) is 9.85. The van der Waals surface area contributed by atoms with Gasteiger partial charge in [-0.05, 0) is 44.7 Å². The van der Waals surface area contributed by atoms with E-state index in [1.807, 2.05) is 19.1 Å². The van der Waals surface area contributed by atoms with Crippen molar-refractivity contribution in [1.29, 1.82) is 0 Å². The van der Waals surface area contributed by atoms with Crippen LogP contribution in [0.5, 0.6) is 0 Å². The van der Waals surface area contributed by atoms with Gasteiger partial charge >= 0.3 is 0 Å². The molecule has 1 amide bonds. The number of rotatable bonds is 5. The molecule has 2 fully saturated rings. The van der Waals surface area contributed by atoms with E-state index in [1.165, 1.54) is 12.8 Å². The fourth-order valence-corrected chi connectivity index (χ4v) is 3.69. The minimum atomic E-state index is -0.0641. The molecule has 0 saturated heterocycles. The van der Waals surface area contributed by atoms with Gasteiger partial charge in [-0.2, -0.15) is 10.1 Å². The van der Waals surface area contributed by atoms with Crippen LogP contribution in [0.15, 0.2) is 29.0 Å². The quantitative estimate of drug-likeness (QED) is 0.732. The number of aromatic nitrogens is 5. The maximum absolute atomic E-state index is 12.6. The molecule has 0 bridgehead atoms. The number of carbonyl (C=O) groups is 1. The van der Waals surface area contributed by atoms with Crippen molar-refractivity contribution in [2.75, 3.05) is 0 Å². The zero-order valence-electron chi connectivity index (χ0n) is 15.8. The molecule has 0 atom stereocenters. The molecule has 2 aliphatic rings. The fraction of sp³-hybridized carbons (Fsp3) is 0.450. The molecule has 0 aliphatic heterocycles. The van der Waals surface area contributed by atoms with Crippen LogP contribution in [0.25, 0.3) is 17.3 Å². The van der Waals surface area contributed by atoms with E-state index in [9.17, 15) is 4.79 Å². The Bertz CT molecular complexity index is 996. The maximum Gasteiger partial charge on any atom is 0.259 e. The predicted octanol–water partition coefficient (Wildman–Crippen LogP) is 3.18. The predicted molar refractivity (Wildman–Crippen MR) is 101 cm³/mol. The van der Waals surface area contributed by atoms with Crippen LogP contribution in [0, 0.1) is 6.92 Å². The molecular weight excluding hydrogens is 356 g/mol. The van der Waals surface area contributed by atoms with Crippen LogP contribution in [0.4, 0.5) is 0 Å². The molecule has 2 aliphatic carbocycles. The molecule has 1 N–H and O–H groups in total. The molecule has 0 aromatic carbocycles. The van der Waals surface area contributed by atoms with Crippen molar-refractivity contribution in [3.63, 3.8) is 0 Å².